The number of rotatable bonds is 6. The lowest BCUT2D eigenvalue weighted by Crippen LogP contribution is -2.42. The van der Waals surface area contributed by atoms with Crippen LogP contribution in [0.3, 0.4) is 0 Å². The second-order valence-electron chi connectivity index (χ2n) is 14.1. The summed E-state index contributed by atoms with van der Waals surface area (Å²) < 4.78 is 76.1. The lowest BCUT2D eigenvalue weighted by molar-refractivity contribution is -0.159. The fraction of sp³-hybridized carbons (Fsp3) is 0.618. The Kier molecular flexibility index (Phi) is 8.79. The van der Waals surface area contributed by atoms with Crippen LogP contribution in [-0.4, -0.2) is 32.3 Å². The zero-order valence-corrected chi connectivity index (χ0v) is 27.5. The molecule has 1 aromatic heterocycles. The van der Waals surface area contributed by atoms with Crippen molar-refractivity contribution in [3.63, 3.8) is 0 Å². The van der Waals surface area contributed by atoms with Crippen molar-refractivity contribution in [2.45, 2.75) is 121 Å². The summed E-state index contributed by atoms with van der Waals surface area (Å²) in [5, 5.41) is -0.0185. The maximum atomic E-state index is 17.0. The molecule has 3 aliphatic rings. The molecule has 236 valence electrons. The van der Waals surface area contributed by atoms with Crippen molar-refractivity contribution >= 4 is 13.9 Å². The highest BCUT2D eigenvalue weighted by atomic mass is 28.4. The van der Waals surface area contributed by atoms with Crippen LogP contribution in [0.4, 0.5) is 17.6 Å². The highest BCUT2D eigenvalue weighted by molar-refractivity contribution is 6.74. The molecule has 0 radical (unpaired) electrons. The maximum absolute atomic E-state index is 17.0. The van der Waals surface area contributed by atoms with E-state index in [2.05, 4.69) is 39.9 Å². The second-order valence-corrected chi connectivity index (χ2v) is 18.8. The number of ether oxygens (including phenoxy) is 2. The Labute approximate surface area is 254 Å². The summed E-state index contributed by atoms with van der Waals surface area (Å²) >= 11 is 0. The van der Waals surface area contributed by atoms with Crippen LogP contribution in [0.15, 0.2) is 30.3 Å². The van der Waals surface area contributed by atoms with Gasteiger partial charge in [-0.3, -0.25) is 4.98 Å². The summed E-state index contributed by atoms with van der Waals surface area (Å²) in [4.78, 5) is 5.12. The van der Waals surface area contributed by atoms with Gasteiger partial charge in [0.2, 0.25) is 0 Å². The monoisotopic (exact) mass is 619 g/mol. The molecule has 0 bridgehead atoms. The quantitative estimate of drug-likeness (QED) is 0.238. The summed E-state index contributed by atoms with van der Waals surface area (Å²) in [6.45, 7) is 16.2. The standard InChI is InChI=1S/C34H45F4NO3Si/c1-21(2)31-29(30(35)23-11-13-24(14-12-23)34(36,37)38)27(22-15-17-33(18-16-22)40-19-20-41-33)28-25(39-31)9-8-10-26(28)42-43(6,7)32(3,4)5/h11-15,21,26,30H,8-10,16-20H2,1-7H3. The van der Waals surface area contributed by atoms with Gasteiger partial charge in [-0.2, -0.15) is 13.2 Å². The molecule has 1 aromatic carbocycles. The van der Waals surface area contributed by atoms with Gasteiger partial charge in [0.15, 0.2) is 20.3 Å². The smallest absolute Gasteiger partial charge is 0.410 e. The highest BCUT2D eigenvalue weighted by Gasteiger charge is 2.44. The predicted octanol–water partition coefficient (Wildman–Crippen LogP) is 9.99. The molecule has 1 aliphatic heterocycles. The number of fused-ring (bicyclic) bond motifs is 1. The molecule has 0 amide bonds. The molecule has 4 nitrogen and oxygen atoms in total. The minimum Gasteiger partial charge on any atom is -0.410 e. The van der Waals surface area contributed by atoms with Crippen LogP contribution in [0, 0.1) is 0 Å². The van der Waals surface area contributed by atoms with Crippen molar-refractivity contribution < 1.29 is 31.5 Å². The van der Waals surface area contributed by atoms with E-state index in [1.54, 1.807) is 0 Å². The van der Waals surface area contributed by atoms with E-state index in [4.69, 9.17) is 18.9 Å². The summed E-state index contributed by atoms with van der Waals surface area (Å²) in [5.41, 5.74) is 4.25. The highest BCUT2D eigenvalue weighted by Crippen LogP contribution is 2.50. The molecule has 2 unspecified atom stereocenters. The van der Waals surface area contributed by atoms with E-state index < -0.39 is 32.0 Å². The summed E-state index contributed by atoms with van der Waals surface area (Å²) in [5.74, 6) is -0.734. The summed E-state index contributed by atoms with van der Waals surface area (Å²) in [6, 6.07) is 4.44. The number of pyridine rings is 1. The van der Waals surface area contributed by atoms with Crippen molar-refractivity contribution in [2.24, 2.45) is 0 Å². The zero-order valence-electron chi connectivity index (χ0n) is 26.5. The van der Waals surface area contributed by atoms with Crippen LogP contribution in [0.5, 0.6) is 0 Å². The molecule has 2 heterocycles. The molecule has 0 N–H and O–H groups in total. The van der Waals surface area contributed by atoms with Crippen molar-refractivity contribution in [3.8, 4) is 0 Å². The maximum Gasteiger partial charge on any atom is 0.416 e. The molecule has 2 aliphatic carbocycles. The lowest BCUT2D eigenvalue weighted by atomic mass is 9.77. The Balaban J connectivity index is 1.71. The normalized spacial score (nSPS) is 21.7. The Morgan fingerprint density at radius 3 is 2.21 bits per heavy atom. The Hall–Kier alpha value is -2.07. The van der Waals surface area contributed by atoms with Gasteiger partial charge in [-0.1, -0.05) is 52.8 Å². The van der Waals surface area contributed by atoms with Crippen LogP contribution in [0.25, 0.3) is 5.57 Å². The number of aryl methyl sites for hydroxylation is 1. The van der Waals surface area contributed by atoms with E-state index in [0.717, 1.165) is 53.8 Å². The topological polar surface area (TPSA) is 40.6 Å². The molecule has 0 saturated carbocycles. The minimum atomic E-state index is -4.49. The number of hydrogen-bond acceptors (Lipinski definition) is 4. The molecule has 1 spiro atoms. The van der Waals surface area contributed by atoms with Gasteiger partial charge >= 0.3 is 6.18 Å². The van der Waals surface area contributed by atoms with Crippen LogP contribution in [-0.2, 0) is 26.5 Å². The third kappa shape index (κ3) is 6.37. The summed E-state index contributed by atoms with van der Waals surface area (Å²) in [6.07, 6.45) is 0.100. The number of hydrogen-bond donors (Lipinski definition) is 0. The Morgan fingerprint density at radius 1 is 1.02 bits per heavy atom. The first-order chi connectivity index (χ1) is 20.0. The number of aromatic nitrogens is 1. The van der Waals surface area contributed by atoms with E-state index >= 15 is 4.39 Å². The van der Waals surface area contributed by atoms with Gasteiger partial charge in [0.1, 0.15) is 0 Å². The van der Waals surface area contributed by atoms with E-state index in [0.29, 0.717) is 43.7 Å². The van der Waals surface area contributed by atoms with Crippen LogP contribution in [0.2, 0.25) is 18.1 Å². The number of allylic oxidation sites excluding steroid dienone is 1. The van der Waals surface area contributed by atoms with E-state index in [9.17, 15) is 13.2 Å². The first-order valence-electron chi connectivity index (χ1n) is 15.6. The van der Waals surface area contributed by atoms with Crippen LogP contribution >= 0.6 is 0 Å². The van der Waals surface area contributed by atoms with Crippen molar-refractivity contribution in [1.82, 2.24) is 4.98 Å². The zero-order chi connectivity index (χ0) is 31.4. The molecule has 2 atom stereocenters. The van der Waals surface area contributed by atoms with E-state index in [1.165, 1.54) is 12.1 Å². The molecule has 2 aromatic rings. The average Bonchev–Trinajstić information content (AvgIpc) is 3.39. The largest absolute Gasteiger partial charge is 0.416 e. The van der Waals surface area contributed by atoms with Gasteiger partial charge in [0.05, 0.1) is 30.6 Å². The first kappa shape index (κ1) is 32.3. The average molecular weight is 620 g/mol. The Bertz CT molecular complexity index is 1360. The molecule has 1 fully saturated rings. The molecule has 43 heavy (non-hydrogen) atoms. The fourth-order valence-corrected chi connectivity index (χ4v) is 7.62. The third-order valence-corrected chi connectivity index (χ3v) is 14.2. The first-order valence-corrected chi connectivity index (χ1v) is 18.5. The second kappa shape index (κ2) is 11.7. The third-order valence-electron chi connectivity index (χ3n) is 9.73. The number of alkyl halides is 4. The van der Waals surface area contributed by atoms with Gasteiger partial charge in [0.25, 0.3) is 0 Å². The Morgan fingerprint density at radius 2 is 1.67 bits per heavy atom. The predicted molar refractivity (Wildman–Crippen MR) is 163 cm³/mol. The molecular formula is C34H45F4NO3Si. The molecule has 5 rings (SSSR count). The van der Waals surface area contributed by atoms with Gasteiger partial charge in [0, 0.05) is 29.7 Å². The van der Waals surface area contributed by atoms with Crippen LogP contribution in [0.1, 0.15) is 124 Å². The van der Waals surface area contributed by atoms with Crippen LogP contribution < -0.4 is 0 Å². The SMILES string of the molecule is CC(C)c1nc2c(c(C3=CCC4(CC3)OCCO4)c1C(F)c1ccc(C(F)(F)F)cc1)C(O[Si](C)(C)C(C)(C)C)CCC2. The molecule has 9 heteroatoms. The van der Waals surface area contributed by atoms with Gasteiger partial charge in [-0.05, 0) is 78.6 Å². The molecular weight excluding hydrogens is 574 g/mol. The van der Waals surface area contributed by atoms with Gasteiger partial charge in [-0.15, -0.1) is 0 Å². The van der Waals surface area contributed by atoms with E-state index in [1.807, 2.05) is 13.8 Å². The minimum absolute atomic E-state index is 0.0185. The molecule has 1 saturated heterocycles. The van der Waals surface area contributed by atoms with Crippen molar-refractivity contribution in [2.75, 3.05) is 13.2 Å². The number of nitrogens with zero attached hydrogens (tertiary/aromatic N) is 1. The van der Waals surface area contributed by atoms with Gasteiger partial charge in [-0.25, -0.2) is 4.39 Å². The van der Waals surface area contributed by atoms with Crippen molar-refractivity contribution in [3.05, 3.63) is 69.5 Å². The lowest BCUT2D eigenvalue weighted by Gasteiger charge is -2.42. The van der Waals surface area contributed by atoms with Crippen molar-refractivity contribution in [1.29, 1.82) is 0 Å². The summed E-state index contributed by atoms with van der Waals surface area (Å²) in [7, 11) is -2.22. The number of halogens is 4. The fourth-order valence-electron chi connectivity index (χ4n) is 6.31. The van der Waals surface area contributed by atoms with Gasteiger partial charge < -0.3 is 13.9 Å². The number of benzene rings is 1. The van der Waals surface area contributed by atoms with E-state index in [-0.39, 0.29) is 22.6 Å².